The lowest BCUT2D eigenvalue weighted by molar-refractivity contribution is -0.135. The molecule has 1 amide bonds. The third kappa shape index (κ3) is 4.03. The van der Waals surface area contributed by atoms with Crippen LogP contribution in [0.5, 0.6) is 0 Å². The minimum atomic E-state index is -3.68. The summed E-state index contributed by atoms with van der Waals surface area (Å²) in [4.78, 5) is 11.8. The predicted octanol–water partition coefficient (Wildman–Crippen LogP) is 1.79. The summed E-state index contributed by atoms with van der Waals surface area (Å²) in [5.41, 5.74) is 1.62. The van der Waals surface area contributed by atoms with Crippen LogP contribution in [0.3, 0.4) is 0 Å². The van der Waals surface area contributed by atoms with E-state index in [1.54, 1.807) is 17.6 Å². The van der Waals surface area contributed by atoms with Crippen LogP contribution < -0.4 is 10.2 Å². The highest BCUT2D eigenvalue weighted by Gasteiger charge is 2.33. The first kappa shape index (κ1) is 16.4. The van der Waals surface area contributed by atoms with E-state index in [0.717, 1.165) is 17.3 Å². The van der Waals surface area contributed by atoms with E-state index in [1.165, 1.54) is 12.1 Å². The molecule has 1 aliphatic carbocycles. The summed E-state index contributed by atoms with van der Waals surface area (Å²) in [6.45, 7) is 0. The number of benzene rings is 1. The smallest absolute Gasteiger partial charge is 0.248 e. The van der Waals surface area contributed by atoms with Gasteiger partial charge in [-0.1, -0.05) is 28.8 Å². The number of rotatable bonds is 4. The molecular weight excluding hydrogens is 360 g/mol. The highest BCUT2D eigenvalue weighted by molar-refractivity contribution is 9.10. The zero-order valence-corrected chi connectivity index (χ0v) is 13.7. The average Bonchev–Trinajstić information content (AvgIpc) is 2.47. The number of hydrogen-bond acceptors (Lipinski definition) is 4. The molecule has 0 radical (unpaired) electrons. The summed E-state index contributed by atoms with van der Waals surface area (Å²) in [5, 5.41) is 8.77. The number of hydroxylamine groups is 1. The Balaban J connectivity index is 2.17. The zero-order valence-electron chi connectivity index (χ0n) is 11.3. The number of sulfonamides is 1. The van der Waals surface area contributed by atoms with Gasteiger partial charge in [0.25, 0.3) is 0 Å². The molecule has 6 nitrogen and oxygen atoms in total. The summed E-state index contributed by atoms with van der Waals surface area (Å²) in [6, 6.07) is 5.78. The number of nitrogens with one attached hydrogen (secondary N) is 2. The van der Waals surface area contributed by atoms with Gasteiger partial charge in [-0.15, -0.1) is 0 Å². The van der Waals surface area contributed by atoms with Crippen molar-refractivity contribution in [2.45, 2.75) is 36.6 Å². The summed E-state index contributed by atoms with van der Waals surface area (Å²) in [6.07, 6.45) is 2.82. The SMILES string of the molecule is O=C(NO)C1CCCCC1NS(=O)(=O)c1ccc(Br)cc1. The molecule has 1 aliphatic rings. The Hall–Kier alpha value is -0.960. The first-order chi connectivity index (χ1) is 9.94. The molecule has 1 saturated carbocycles. The van der Waals surface area contributed by atoms with Crippen molar-refractivity contribution in [1.82, 2.24) is 10.2 Å². The van der Waals surface area contributed by atoms with Crippen LogP contribution in [0, 0.1) is 5.92 Å². The van der Waals surface area contributed by atoms with Crippen molar-refractivity contribution >= 4 is 31.9 Å². The first-order valence-electron chi connectivity index (χ1n) is 6.66. The lowest BCUT2D eigenvalue weighted by Gasteiger charge is -2.30. The summed E-state index contributed by atoms with van der Waals surface area (Å²) < 4.78 is 28.1. The van der Waals surface area contributed by atoms with Crippen LogP contribution in [0.2, 0.25) is 0 Å². The van der Waals surface area contributed by atoms with Crippen LogP contribution in [0.25, 0.3) is 0 Å². The second kappa shape index (κ2) is 6.87. The van der Waals surface area contributed by atoms with Crippen LogP contribution in [-0.2, 0) is 14.8 Å². The Kier molecular flexibility index (Phi) is 5.37. The standard InChI is InChI=1S/C13H17BrN2O4S/c14-9-5-7-10(8-6-9)21(19,20)16-12-4-2-1-3-11(12)13(17)15-18/h5-8,11-12,16,18H,1-4H2,(H,15,17). The summed E-state index contributed by atoms with van der Waals surface area (Å²) >= 11 is 3.25. The fourth-order valence-corrected chi connectivity index (χ4v) is 4.13. The molecule has 0 heterocycles. The highest BCUT2D eigenvalue weighted by Crippen LogP contribution is 2.26. The molecule has 3 N–H and O–H groups in total. The van der Waals surface area contributed by atoms with Gasteiger partial charge >= 0.3 is 0 Å². The second-order valence-corrected chi connectivity index (χ2v) is 7.68. The fourth-order valence-electron chi connectivity index (χ4n) is 2.55. The molecule has 1 aromatic rings. The number of hydrogen-bond donors (Lipinski definition) is 3. The van der Waals surface area contributed by atoms with Gasteiger partial charge in [0.15, 0.2) is 0 Å². The fraction of sp³-hybridized carbons (Fsp3) is 0.462. The van der Waals surface area contributed by atoms with E-state index >= 15 is 0 Å². The molecule has 0 bridgehead atoms. The largest absolute Gasteiger partial charge is 0.289 e. The van der Waals surface area contributed by atoms with Gasteiger partial charge in [-0.2, -0.15) is 0 Å². The van der Waals surface area contributed by atoms with Crippen molar-refractivity contribution in [3.05, 3.63) is 28.7 Å². The molecule has 21 heavy (non-hydrogen) atoms. The van der Waals surface area contributed by atoms with Crippen molar-refractivity contribution in [2.24, 2.45) is 5.92 Å². The van der Waals surface area contributed by atoms with E-state index in [4.69, 9.17) is 5.21 Å². The molecule has 8 heteroatoms. The average molecular weight is 377 g/mol. The molecule has 0 aliphatic heterocycles. The molecule has 2 atom stereocenters. The van der Waals surface area contributed by atoms with E-state index in [1.807, 2.05) is 0 Å². The maximum Gasteiger partial charge on any atom is 0.248 e. The molecule has 116 valence electrons. The molecule has 0 spiro atoms. The molecule has 0 aromatic heterocycles. The molecular formula is C13H17BrN2O4S. The number of amides is 1. The minimum absolute atomic E-state index is 0.152. The van der Waals surface area contributed by atoms with Gasteiger partial charge in [0, 0.05) is 10.5 Å². The van der Waals surface area contributed by atoms with Gasteiger partial charge in [-0.3, -0.25) is 10.0 Å². The topological polar surface area (TPSA) is 95.5 Å². The molecule has 0 saturated heterocycles. The second-order valence-electron chi connectivity index (χ2n) is 5.05. The lowest BCUT2D eigenvalue weighted by Crippen LogP contribution is -2.47. The number of halogens is 1. The third-order valence-electron chi connectivity index (χ3n) is 3.64. The normalized spacial score (nSPS) is 22.8. The van der Waals surface area contributed by atoms with E-state index < -0.39 is 27.9 Å². The van der Waals surface area contributed by atoms with Crippen LogP contribution in [-0.4, -0.2) is 25.6 Å². The van der Waals surface area contributed by atoms with E-state index in [0.29, 0.717) is 12.8 Å². The van der Waals surface area contributed by atoms with Crippen molar-refractivity contribution in [2.75, 3.05) is 0 Å². The maximum atomic E-state index is 12.3. The Bertz CT molecular complexity index is 603. The van der Waals surface area contributed by atoms with Gasteiger partial charge < -0.3 is 0 Å². The van der Waals surface area contributed by atoms with E-state index in [9.17, 15) is 13.2 Å². The maximum absolute atomic E-state index is 12.3. The molecule has 2 rings (SSSR count). The molecule has 1 aromatic carbocycles. The number of carbonyl (C=O) groups excluding carboxylic acids is 1. The molecule has 2 unspecified atom stereocenters. The molecule has 1 fully saturated rings. The quantitative estimate of drug-likeness (QED) is 0.551. The van der Waals surface area contributed by atoms with Gasteiger partial charge in [0.05, 0.1) is 10.8 Å². The summed E-state index contributed by atoms with van der Waals surface area (Å²) in [5.74, 6) is -1.09. The predicted molar refractivity (Wildman–Crippen MR) is 80.1 cm³/mol. The van der Waals surface area contributed by atoms with Crippen LogP contribution in [0.4, 0.5) is 0 Å². The van der Waals surface area contributed by atoms with E-state index in [-0.39, 0.29) is 4.90 Å². The Morgan fingerprint density at radius 2 is 1.81 bits per heavy atom. The van der Waals surface area contributed by atoms with Crippen molar-refractivity contribution in [3.63, 3.8) is 0 Å². The van der Waals surface area contributed by atoms with Gasteiger partial charge in [0.2, 0.25) is 15.9 Å². The highest BCUT2D eigenvalue weighted by atomic mass is 79.9. The zero-order chi connectivity index (χ0) is 15.5. The summed E-state index contributed by atoms with van der Waals surface area (Å²) in [7, 11) is -3.68. The van der Waals surface area contributed by atoms with Crippen molar-refractivity contribution in [3.8, 4) is 0 Å². The van der Waals surface area contributed by atoms with Crippen LogP contribution in [0.1, 0.15) is 25.7 Å². The van der Waals surface area contributed by atoms with Crippen molar-refractivity contribution in [1.29, 1.82) is 0 Å². The number of carbonyl (C=O) groups is 1. The van der Waals surface area contributed by atoms with Crippen LogP contribution >= 0.6 is 15.9 Å². The van der Waals surface area contributed by atoms with Gasteiger partial charge in [-0.25, -0.2) is 18.6 Å². The van der Waals surface area contributed by atoms with E-state index in [2.05, 4.69) is 20.7 Å². The first-order valence-corrected chi connectivity index (χ1v) is 8.93. The lowest BCUT2D eigenvalue weighted by atomic mass is 9.85. The Morgan fingerprint density at radius 1 is 1.19 bits per heavy atom. The monoisotopic (exact) mass is 376 g/mol. The Morgan fingerprint density at radius 3 is 2.43 bits per heavy atom. The van der Waals surface area contributed by atoms with Gasteiger partial charge in [-0.05, 0) is 37.1 Å². The Labute approximate surface area is 132 Å². The minimum Gasteiger partial charge on any atom is -0.289 e. The van der Waals surface area contributed by atoms with Crippen LogP contribution in [0.15, 0.2) is 33.6 Å². The van der Waals surface area contributed by atoms with Gasteiger partial charge in [0.1, 0.15) is 0 Å². The van der Waals surface area contributed by atoms with Crippen molar-refractivity contribution < 1.29 is 18.4 Å². The third-order valence-corrected chi connectivity index (χ3v) is 5.68.